The van der Waals surface area contributed by atoms with Crippen LogP contribution in [0.15, 0.2) is 97.1 Å². The van der Waals surface area contributed by atoms with Crippen molar-refractivity contribution in [1.29, 1.82) is 0 Å². The molecule has 1 unspecified atom stereocenters. The molecular formula is C51H58N6O5. The number of carbonyl (C=O) groups is 4. The van der Waals surface area contributed by atoms with E-state index in [0.29, 0.717) is 44.0 Å². The normalized spacial score (nSPS) is 20.8. The van der Waals surface area contributed by atoms with Gasteiger partial charge in [-0.05, 0) is 107 Å². The van der Waals surface area contributed by atoms with Crippen LogP contribution in [0, 0.1) is 5.92 Å². The van der Waals surface area contributed by atoms with E-state index in [4.69, 9.17) is 0 Å². The van der Waals surface area contributed by atoms with Crippen LogP contribution in [0.5, 0.6) is 5.75 Å². The van der Waals surface area contributed by atoms with E-state index in [1.165, 1.54) is 16.7 Å². The van der Waals surface area contributed by atoms with Crippen LogP contribution < -0.4 is 9.80 Å². The molecular weight excluding hydrogens is 777 g/mol. The molecule has 1 saturated carbocycles. The fourth-order valence-corrected chi connectivity index (χ4v) is 10.3. The number of carbonyl (C=O) groups excluding carboxylic acids is 4. The van der Waals surface area contributed by atoms with Gasteiger partial charge in [0, 0.05) is 102 Å². The summed E-state index contributed by atoms with van der Waals surface area (Å²) in [5.74, 6) is 0.569. The van der Waals surface area contributed by atoms with Gasteiger partial charge in [-0.25, -0.2) is 4.79 Å². The fraction of sp³-hybridized carbons (Fsp3) is 0.412. The van der Waals surface area contributed by atoms with Crippen LogP contribution in [-0.4, -0.2) is 126 Å². The number of amides is 3. The van der Waals surface area contributed by atoms with Gasteiger partial charge in [-0.15, -0.1) is 0 Å². The predicted octanol–water partition coefficient (Wildman–Crippen LogP) is 7.18. The Hall–Kier alpha value is -5.94. The Morgan fingerprint density at radius 3 is 1.94 bits per heavy atom. The first-order valence-corrected chi connectivity index (χ1v) is 22.6. The molecule has 5 aliphatic rings. The number of aromatic hydroxyl groups is 1. The summed E-state index contributed by atoms with van der Waals surface area (Å²) in [4.78, 5) is 64.4. The Labute approximate surface area is 365 Å². The van der Waals surface area contributed by atoms with E-state index in [1.807, 2.05) is 35.2 Å². The topological polar surface area (TPSA) is 108 Å². The van der Waals surface area contributed by atoms with E-state index in [2.05, 4.69) is 81.1 Å². The third-order valence-corrected chi connectivity index (χ3v) is 13.9. The van der Waals surface area contributed by atoms with Gasteiger partial charge in [-0.1, -0.05) is 61.5 Å². The predicted molar refractivity (Wildman–Crippen MR) is 243 cm³/mol. The summed E-state index contributed by atoms with van der Waals surface area (Å²) in [6, 6.07) is 32.6. The van der Waals surface area contributed by atoms with Gasteiger partial charge in [-0.3, -0.25) is 19.3 Å². The Morgan fingerprint density at radius 1 is 0.661 bits per heavy atom. The van der Waals surface area contributed by atoms with Crippen molar-refractivity contribution >= 4 is 46.0 Å². The van der Waals surface area contributed by atoms with Crippen molar-refractivity contribution in [2.24, 2.45) is 5.92 Å². The molecule has 0 aromatic heterocycles. The van der Waals surface area contributed by atoms with Crippen molar-refractivity contribution in [1.82, 2.24) is 19.6 Å². The largest absolute Gasteiger partial charge is 0.508 e. The van der Waals surface area contributed by atoms with E-state index < -0.39 is 6.04 Å². The van der Waals surface area contributed by atoms with Crippen molar-refractivity contribution in [3.05, 3.63) is 125 Å². The number of phenols is 1. The van der Waals surface area contributed by atoms with Crippen LogP contribution in [0.4, 0.5) is 16.2 Å². The number of ketones is 2. The van der Waals surface area contributed by atoms with Crippen molar-refractivity contribution in [2.45, 2.75) is 58.0 Å². The Kier molecular flexibility index (Phi) is 12.1. The highest BCUT2D eigenvalue weighted by molar-refractivity contribution is 6.07. The van der Waals surface area contributed by atoms with Gasteiger partial charge in [0.25, 0.3) is 5.91 Å². The molecule has 1 N–H and O–H groups in total. The molecule has 3 saturated heterocycles. The summed E-state index contributed by atoms with van der Waals surface area (Å²) >= 11 is 0. The minimum Gasteiger partial charge on any atom is -0.508 e. The van der Waals surface area contributed by atoms with Gasteiger partial charge in [0.2, 0.25) is 0 Å². The molecule has 62 heavy (non-hydrogen) atoms. The molecule has 1 aliphatic carbocycles. The van der Waals surface area contributed by atoms with E-state index >= 15 is 0 Å². The maximum absolute atomic E-state index is 13.7. The summed E-state index contributed by atoms with van der Waals surface area (Å²) < 4.78 is 0. The minimum atomic E-state index is -0.492. The second-order valence-electron chi connectivity index (χ2n) is 17.7. The molecule has 3 amide bonds. The van der Waals surface area contributed by atoms with Crippen LogP contribution in [-0.2, 0) is 16.1 Å². The third-order valence-electron chi connectivity index (χ3n) is 13.9. The molecule has 4 aromatic carbocycles. The number of piperazine rings is 2. The Morgan fingerprint density at radius 2 is 1.27 bits per heavy atom. The van der Waals surface area contributed by atoms with Crippen molar-refractivity contribution in [3.8, 4) is 5.75 Å². The number of anilines is 2. The molecule has 11 nitrogen and oxygen atoms in total. The second-order valence-corrected chi connectivity index (χ2v) is 17.7. The lowest BCUT2D eigenvalue weighted by atomic mass is 9.88. The number of phenolic OH excluding ortho intramolecular Hbond substituents is 1. The highest BCUT2D eigenvalue weighted by atomic mass is 16.3. The number of hydrogen-bond acceptors (Lipinski definition) is 8. The number of urea groups is 1. The Balaban J connectivity index is 0.731. The molecule has 1 atom stereocenters. The smallest absolute Gasteiger partial charge is 0.320 e. The maximum Gasteiger partial charge on any atom is 0.320 e. The zero-order chi connectivity index (χ0) is 42.7. The molecule has 4 aliphatic heterocycles. The van der Waals surface area contributed by atoms with Crippen LogP contribution >= 0.6 is 0 Å². The molecule has 0 spiro atoms. The van der Waals surface area contributed by atoms with E-state index in [0.717, 1.165) is 106 Å². The average Bonchev–Trinajstić information content (AvgIpc) is 3.64. The molecule has 322 valence electrons. The summed E-state index contributed by atoms with van der Waals surface area (Å²) in [5.41, 5.74) is 9.75. The van der Waals surface area contributed by atoms with E-state index in [-0.39, 0.29) is 35.7 Å². The van der Waals surface area contributed by atoms with Crippen molar-refractivity contribution < 1.29 is 24.3 Å². The van der Waals surface area contributed by atoms with E-state index in [9.17, 15) is 24.3 Å². The quantitative estimate of drug-likeness (QED) is 0.140. The van der Waals surface area contributed by atoms with Crippen molar-refractivity contribution in [3.63, 3.8) is 0 Å². The van der Waals surface area contributed by atoms with Gasteiger partial charge in [-0.2, -0.15) is 0 Å². The van der Waals surface area contributed by atoms with Gasteiger partial charge in [0.05, 0.1) is 12.5 Å². The van der Waals surface area contributed by atoms with Crippen LogP contribution in [0.25, 0.3) is 11.1 Å². The van der Waals surface area contributed by atoms with Crippen LogP contribution in [0.1, 0.15) is 78.1 Å². The number of nitrogens with zero attached hydrogens (tertiary/aromatic N) is 6. The van der Waals surface area contributed by atoms with Gasteiger partial charge >= 0.3 is 6.03 Å². The molecule has 4 fully saturated rings. The second kappa shape index (κ2) is 18.2. The molecule has 11 heteroatoms. The van der Waals surface area contributed by atoms with Gasteiger partial charge in [0.15, 0.2) is 5.78 Å². The van der Waals surface area contributed by atoms with Crippen LogP contribution in [0.3, 0.4) is 0 Å². The molecule has 4 heterocycles. The number of Topliss-reactive ketones (excluding diaryl/α,β-unsaturated/α-hetero) is 2. The number of likely N-dealkylation sites (tertiary alicyclic amines) is 1. The lowest BCUT2D eigenvalue weighted by Crippen LogP contribution is -2.54. The van der Waals surface area contributed by atoms with Crippen LogP contribution in [0.2, 0.25) is 0 Å². The number of rotatable bonds is 9. The lowest BCUT2D eigenvalue weighted by Gasteiger charge is -2.42. The number of allylic oxidation sites excluding steroid dienone is 1. The first kappa shape index (κ1) is 41.4. The van der Waals surface area contributed by atoms with Crippen molar-refractivity contribution in [2.75, 3.05) is 81.8 Å². The standard InChI is InChI=1S/C51H58N6O5/c1-2-45(37-6-4-3-5-7-37)49(39-10-15-43(58)16-11-39)38-8-12-41(13-9-38)53-28-30-56(31-29-53)51(62)55-22-20-36(21-23-55)34-52-24-26-54(27-25-52)42-14-18-46-40(32-42)35-57(50(46)61)47-19-17-44(59)33-48(47)60/h3-16,18,32,36,47,58H,2,17,19-31,33-35H2,1H3/b49-45-. The lowest BCUT2D eigenvalue weighted by molar-refractivity contribution is -0.133. The number of benzene rings is 4. The molecule has 9 rings (SSSR count). The zero-order valence-electron chi connectivity index (χ0n) is 35.9. The summed E-state index contributed by atoms with van der Waals surface area (Å²) in [6.07, 6.45) is 3.65. The highest BCUT2D eigenvalue weighted by Crippen LogP contribution is 2.36. The number of piperidine rings is 1. The molecule has 0 radical (unpaired) electrons. The minimum absolute atomic E-state index is 0.0285. The maximum atomic E-state index is 13.7. The number of hydrogen-bond donors (Lipinski definition) is 1. The monoisotopic (exact) mass is 834 g/mol. The summed E-state index contributed by atoms with van der Waals surface area (Å²) in [6.45, 7) is 12.1. The summed E-state index contributed by atoms with van der Waals surface area (Å²) in [5, 5.41) is 10.0. The SMILES string of the molecule is CC/C(=C(/c1ccc(O)cc1)c1ccc(N2CCN(C(=O)N3CCC(CN4CCN(c5ccc6c(c5)CN(C5CCC(=O)CC5=O)C6=O)CC4)CC3)CC2)cc1)c1ccccc1. The summed E-state index contributed by atoms with van der Waals surface area (Å²) in [7, 11) is 0. The fourth-order valence-electron chi connectivity index (χ4n) is 10.3. The van der Waals surface area contributed by atoms with Gasteiger partial charge in [0.1, 0.15) is 11.5 Å². The first-order valence-electron chi connectivity index (χ1n) is 22.6. The number of fused-ring (bicyclic) bond motifs is 1. The van der Waals surface area contributed by atoms with E-state index in [1.54, 1.807) is 17.0 Å². The zero-order valence-corrected chi connectivity index (χ0v) is 35.9. The third kappa shape index (κ3) is 8.73. The molecule has 0 bridgehead atoms. The first-order chi connectivity index (χ1) is 30.2. The van der Waals surface area contributed by atoms with Gasteiger partial charge < -0.3 is 29.6 Å². The Bertz CT molecular complexity index is 2300. The highest BCUT2D eigenvalue weighted by Gasteiger charge is 2.39. The molecule has 4 aromatic rings. The average molecular weight is 835 g/mol.